The predicted molar refractivity (Wildman–Crippen MR) is 80.2 cm³/mol. The van der Waals surface area contributed by atoms with Crippen molar-refractivity contribution >= 4 is 35.5 Å². The molecule has 0 aliphatic rings. The Hall–Kier alpha value is -1.81. The molecule has 0 spiro atoms. The maximum absolute atomic E-state index is 11.8. The number of nitrogens with one attached hydrogen (secondary N) is 2. The number of carboxylic acids is 1. The van der Waals surface area contributed by atoms with Crippen LogP contribution in [0.25, 0.3) is 0 Å². The zero-order chi connectivity index (χ0) is 17.1. The predicted octanol–water partition coefficient (Wildman–Crippen LogP) is -1.68. The lowest BCUT2D eigenvalue weighted by Crippen LogP contribution is -2.49. The first-order valence-electron chi connectivity index (χ1n) is 6.43. The second-order valence-electron chi connectivity index (χ2n) is 4.36. The molecule has 2 atom stereocenters. The summed E-state index contributed by atoms with van der Waals surface area (Å²) in [7, 11) is 1.20. The van der Waals surface area contributed by atoms with Crippen LogP contribution >= 0.6 is 11.8 Å². The van der Waals surface area contributed by atoms with Crippen molar-refractivity contribution in [1.29, 1.82) is 0 Å². The lowest BCUT2D eigenvalue weighted by atomic mass is 10.1. The first-order chi connectivity index (χ1) is 10.3. The van der Waals surface area contributed by atoms with Gasteiger partial charge in [-0.15, -0.1) is 0 Å². The molecule has 0 aromatic carbocycles. The van der Waals surface area contributed by atoms with Gasteiger partial charge in [-0.1, -0.05) is 0 Å². The molecular weight excluding hydrogens is 314 g/mol. The first-order valence-corrected chi connectivity index (χ1v) is 7.82. The summed E-state index contributed by atoms with van der Waals surface area (Å²) < 4.78 is 4.44. The molecule has 2 amide bonds. The van der Waals surface area contributed by atoms with Gasteiger partial charge in [0.25, 0.3) is 0 Å². The summed E-state index contributed by atoms with van der Waals surface area (Å²) in [6, 6.07) is -1.76. The smallest absolute Gasteiger partial charge is 0.322 e. The van der Waals surface area contributed by atoms with E-state index in [0.717, 1.165) is 0 Å². The molecule has 0 saturated carbocycles. The third-order valence-electron chi connectivity index (χ3n) is 2.59. The van der Waals surface area contributed by atoms with E-state index in [0.29, 0.717) is 5.75 Å². The number of hydrogen-bond donors (Lipinski definition) is 4. The fourth-order valence-electron chi connectivity index (χ4n) is 1.46. The molecule has 0 radical (unpaired) electrons. The molecule has 9 nitrogen and oxygen atoms in total. The van der Waals surface area contributed by atoms with Gasteiger partial charge >= 0.3 is 11.9 Å². The Kier molecular flexibility index (Phi) is 9.96. The van der Waals surface area contributed by atoms with Gasteiger partial charge in [0.05, 0.1) is 7.11 Å². The number of rotatable bonds is 10. The van der Waals surface area contributed by atoms with Crippen LogP contribution in [0.4, 0.5) is 0 Å². The summed E-state index contributed by atoms with van der Waals surface area (Å²) in [5.74, 6) is -2.54. The highest BCUT2D eigenvalue weighted by atomic mass is 32.2. The largest absolute Gasteiger partial charge is 0.480 e. The topological polar surface area (TPSA) is 148 Å². The van der Waals surface area contributed by atoms with Gasteiger partial charge in [-0.25, -0.2) is 0 Å². The molecule has 0 bridgehead atoms. The van der Waals surface area contributed by atoms with Crippen LogP contribution in [-0.4, -0.2) is 66.6 Å². The number of carbonyl (C=O) groups is 4. The van der Waals surface area contributed by atoms with Crippen molar-refractivity contribution < 1.29 is 29.0 Å². The molecule has 0 aromatic heterocycles. The number of ether oxygens (including phenoxy) is 1. The van der Waals surface area contributed by atoms with E-state index in [1.165, 1.54) is 18.9 Å². The molecule has 22 heavy (non-hydrogen) atoms. The zero-order valence-electron chi connectivity index (χ0n) is 12.5. The van der Waals surface area contributed by atoms with Crippen molar-refractivity contribution in [3.05, 3.63) is 0 Å². The second kappa shape index (κ2) is 10.9. The Morgan fingerprint density at radius 2 is 1.95 bits per heavy atom. The van der Waals surface area contributed by atoms with E-state index in [2.05, 4.69) is 15.4 Å². The molecule has 0 aliphatic carbocycles. The van der Waals surface area contributed by atoms with E-state index in [4.69, 9.17) is 10.8 Å². The van der Waals surface area contributed by atoms with Gasteiger partial charge in [0.15, 0.2) is 0 Å². The van der Waals surface area contributed by atoms with Gasteiger partial charge in [-0.2, -0.15) is 11.8 Å². The number of aliphatic carboxylic acids is 1. The van der Waals surface area contributed by atoms with E-state index in [1.54, 1.807) is 6.26 Å². The van der Waals surface area contributed by atoms with Crippen LogP contribution in [-0.2, 0) is 23.9 Å². The Balaban J connectivity index is 4.36. The van der Waals surface area contributed by atoms with Crippen molar-refractivity contribution in [2.24, 2.45) is 5.73 Å². The molecule has 0 fully saturated rings. The van der Waals surface area contributed by atoms with Crippen LogP contribution in [0, 0.1) is 0 Å². The van der Waals surface area contributed by atoms with Gasteiger partial charge < -0.3 is 26.2 Å². The maximum Gasteiger partial charge on any atom is 0.322 e. The van der Waals surface area contributed by atoms with Crippen LogP contribution in [0.2, 0.25) is 0 Å². The summed E-state index contributed by atoms with van der Waals surface area (Å²) in [5, 5.41) is 13.2. The SMILES string of the molecule is COC(=O)C(N)CCC(=O)NC(CSC)C(=O)NCC(=O)O. The number of carbonyl (C=O) groups excluding carboxylic acids is 3. The summed E-state index contributed by atoms with van der Waals surface area (Å²) >= 11 is 1.33. The number of nitrogens with two attached hydrogens (primary N) is 1. The number of thioether (sulfide) groups is 1. The average molecular weight is 335 g/mol. The standard InChI is InChI=1S/C12H21N3O6S/c1-21-12(20)7(13)3-4-9(16)15-8(6-22-2)11(19)14-5-10(17)18/h7-8H,3-6,13H2,1-2H3,(H,14,19)(H,15,16)(H,17,18). The highest BCUT2D eigenvalue weighted by molar-refractivity contribution is 7.98. The van der Waals surface area contributed by atoms with Crippen LogP contribution in [0.3, 0.4) is 0 Å². The molecule has 0 saturated heterocycles. The minimum absolute atomic E-state index is 0.0483. The zero-order valence-corrected chi connectivity index (χ0v) is 13.3. The molecule has 126 valence electrons. The number of carboxylic acid groups (broad SMARTS) is 1. The third-order valence-corrected chi connectivity index (χ3v) is 3.25. The van der Waals surface area contributed by atoms with Crippen molar-refractivity contribution in [2.45, 2.75) is 24.9 Å². The Morgan fingerprint density at radius 1 is 1.32 bits per heavy atom. The summed E-state index contributed by atoms with van der Waals surface area (Å²) in [5.41, 5.74) is 5.50. The van der Waals surface area contributed by atoms with E-state index in [9.17, 15) is 19.2 Å². The number of amides is 2. The number of esters is 1. The minimum Gasteiger partial charge on any atom is -0.480 e. The van der Waals surface area contributed by atoms with Crippen molar-refractivity contribution in [3.63, 3.8) is 0 Å². The van der Waals surface area contributed by atoms with Crippen LogP contribution in [0.5, 0.6) is 0 Å². The first kappa shape index (κ1) is 20.2. The molecular formula is C12H21N3O6S. The normalized spacial score (nSPS) is 12.9. The molecule has 0 aliphatic heterocycles. The third kappa shape index (κ3) is 8.47. The fourth-order valence-corrected chi connectivity index (χ4v) is 2.03. The Labute approximate surface area is 132 Å². The summed E-state index contributed by atoms with van der Waals surface area (Å²) in [6.07, 6.45) is 1.78. The lowest BCUT2D eigenvalue weighted by molar-refractivity contribution is -0.142. The van der Waals surface area contributed by atoms with Crippen LogP contribution in [0.15, 0.2) is 0 Å². The average Bonchev–Trinajstić information content (AvgIpc) is 2.48. The maximum atomic E-state index is 11.8. The Morgan fingerprint density at radius 3 is 2.45 bits per heavy atom. The monoisotopic (exact) mass is 335 g/mol. The van der Waals surface area contributed by atoms with E-state index in [-0.39, 0.29) is 12.8 Å². The van der Waals surface area contributed by atoms with Crippen LogP contribution in [0.1, 0.15) is 12.8 Å². The Bertz CT molecular complexity index is 418. The van der Waals surface area contributed by atoms with Crippen molar-refractivity contribution in [3.8, 4) is 0 Å². The second-order valence-corrected chi connectivity index (χ2v) is 5.27. The van der Waals surface area contributed by atoms with E-state index in [1.807, 2.05) is 0 Å². The highest BCUT2D eigenvalue weighted by Crippen LogP contribution is 2.01. The number of methoxy groups -OCH3 is 1. The highest BCUT2D eigenvalue weighted by Gasteiger charge is 2.22. The quantitative estimate of drug-likeness (QED) is 0.346. The summed E-state index contributed by atoms with van der Waals surface area (Å²) in [4.78, 5) is 45.0. The molecule has 2 unspecified atom stereocenters. The van der Waals surface area contributed by atoms with Crippen LogP contribution < -0.4 is 16.4 Å². The van der Waals surface area contributed by atoms with Gasteiger partial charge in [0, 0.05) is 12.2 Å². The van der Waals surface area contributed by atoms with Gasteiger partial charge in [-0.3, -0.25) is 19.2 Å². The van der Waals surface area contributed by atoms with Crippen molar-refractivity contribution in [1.82, 2.24) is 10.6 Å². The van der Waals surface area contributed by atoms with Gasteiger partial charge in [-0.05, 0) is 12.7 Å². The van der Waals surface area contributed by atoms with E-state index >= 15 is 0 Å². The molecule has 0 heterocycles. The van der Waals surface area contributed by atoms with Gasteiger partial charge in [0.2, 0.25) is 11.8 Å². The minimum atomic E-state index is -1.17. The molecule has 0 aromatic rings. The number of hydrogen-bond acceptors (Lipinski definition) is 7. The lowest BCUT2D eigenvalue weighted by Gasteiger charge is -2.17. The van der Waals surface area contributed by atoms with E-state index < -0.39 is 42.4 Å². The molecule has 10 heteroatoms. The van der Waals surface area contributed by atoms with Crippen molar-refractivity contribution in [2.75, 3.05) is 25.7 Å². The molecule has 5 N–H and O–H groups in total. The summed E-state index contributed by atoms with van der Waals surface area (Å²) in [6.45, 7) is -0.521. The fraction of sp³-hybridized carbons (Fsp3) is 0.667. The molecule has 0 rings (SSSR count). The van der Waals surface area contributed by atoms with Gasteiger partial charge in [0.1, 0.15) is 18.6 Å².